The third-order valence-corrected chi connectivity index (χ3v) is 5.16. The number of aryl methyl sites for hydroxylation is 1. The molecule has 0 saturated carbocycles. The van der Waals surface area contributed by atoms with Crippen LogP contribution in [0.2, 0.25) is 0 Å². The maximum absolute atomic E-state index is 12.4. The van der Waals surface area contributed by atoms with Gasteiger partial charge in [0.2, 0.25) is 5.91 Å². The van der Waals surface area contributed by atoms with Crippen LogP contribution in [-0.4, -0.2) is 30.5 Å². The first-order chi connectivity index (χ1) is 11.2. The molecule has 3 nitrogen and oxygen atoms in total. The van der Waals surface area contributed by atoms with Gasteiger partial charge in [-0.15, -0.1) is 11.3 Å². The van der Waals surface area contributed by atoms with Gasteiger partial charge in [0.05, 0.1) is 13.0 Å². The molecular weight excluding hydrogens is 306 g/mol. The van der Waals surface area contributed by atoms with E-state index in [0.29, 0.717) is 18.9 Å². The maximum atomic E-state index is 12.4. The van der Waals surface area contributed by atoms with Gasteiger partial charge in [0, 0.05) is 23.9 Å². The zero-order valence-electron chi connectivity index (χ0n) is 13.5. The minimum Gasteiger partial charge on any atom is -0.493 e. The van der Waals surface area contributed by atoms with E-state index < -0.39 is 0 Å². The SMILES string of the molecule is Cc1ccc(OCC2CCCN(C(=O)Cc3cccs3)C2)cc1. The first kappa shape index (κ1) is 16.1. The molecule has 2 heterocycles. The Bertz CT molecular complexity index is 621. The lowest BCUT2D eigenvalue weighted by Gasteiger charge is -2.32. The molecule has 1 unspecified atom stereocenters. The van der Waals surface area contributed by atoms with Crippen LogP contribution < -0.4 is 4.74 Å². The largest absolute Gasteiger partial charge is 0.493 e. The molecule has 0 N–H and O–H groups in total. The number of nitrogens with zero attached hydrogens (tertiary/aromatic N) is 1. The third-order valence-electron chi connectivity index (χ3n) is 4.28. The van der Waals surface area contributed by atoms with Crippen molar-refractivity contribution in [2.24, 2.45) is 5.92 Å². The molecule has 1 saturated heterocycles. The molecule has 1 aromatic heterocycles. The molecule has 0 bridgehead atoms. The molecule has 1 aromatic carbocycles. The van der Waals surface area contributed by atoms with Crippen molar-refractivity contribution in [2.45, 2.75) is 26.2 Å². The summed E-state index contributed by atoms with van der Waals surface area (Å²) in [6.45, 7) is 4.45. The fraction of sp³-hybridized carbons (Fsp3) is 0.421. The van der Waals surface area contributed by atoms with E-state index in [4.69, 9.17) is 4.74 Å². The highest BCUT2D eigenvalue weighted by molar-refractivity contribution is 7.10. The van der Waals surface area contributed by atoms with E-state index in [1.807, 2.05) is 34.5 Å². The van der Waals surface area contributed by atoms with Crippen molar-refractivity contribution in [3.8, 4) is 5.75 Å². The summed E-state index contributed by atoms with van der Waals surface area (Å²) in [7, 11) is 0. The number of piperidine rings is 1. The number of carbonyl (C=O) groups excluding carboxylic acids is 1. The smallest absolute Gasteiger partial charge is 0.227 e. The lowest BCUT2D eigenvalue weighted by Crippen LogP contribution is -2.42. The molecule has 0 aliphatic carbocycles. The van der Waals surface area contributed by atoms with E-state index in [1.165, 1.54) is 5.56 Å². The van der Waals surface area contributed by atoms with Gasteiger partial charge in [0.1, 0.15) is 5.75 Å². The highest BCUT2D eigenvalue weighted by atomic mass is 32.1. The molecule has 0 radical (unpaired) electrons. The topological polar surface area (TPSA) is 29.5 Å². The van der Waals surface area contributed by atoms with Crippen molar-refractivity contribution in [3.05, 3.63) is 52.2 Å². The molecule has 1 aliphatic rings. The summed E-state index contributed by atoms with van der Waals surface area (Å²) in [4.78, 5) is 15.6. The van der Waals surface area contributed by atoms with Gasteiger partial charge in [-0.3, -0.25) is 4.79 Å². The number of hydrogen-bond donors (Lipinski definition) is 0. The molecule has 1 amide bonds. The fourth-order valence-electron chi connectivity index (χ4n) is 2.95. The lowest BCUT2D eigenvalue weighted by molar-refractivity contribution is -0.132. The number of carbonyl (C=O) groups is 1. The average Bonchev–Trinajstić information content (AvgIpc) is 3.07. The second-order valence-electron chi connectivity index (χ2n) is 6.23. The van der Waals surface area contributed by atoms with Crippen molar-refractivity contribution in [1.29, 1.82) is 0 Å². The third kappa shape index (κ3) is 4.58. The molecule has 1 fully saturated rings. The number of likely N-dealkylation sites (tertiary alicyclic amines) is 1. The number of ether oxygens (including phenoxy) is 1. The predicted octanol–water partition coefficient (Wildman–Crippen LogP) is 3.92. The molecular formula is C19H23NO2S. The number of benzene rings is 1. The second-order valence-corrected chi connectivity index (χ2v) is 7.26. The minimum atomic E-state index is 0.243. The average molecular weight is 329 g/mol. The Hall–Kier alpha value is -1.81. The lowest BCUT2D eigenvalue weighted by atomic mass is 9.98. The normalized spacial score (nSPS) is 18.0. The molecule has 3 rings (SSSR count). The van der Waals surface area contributed by atoms with Gasteiger partial charge in [0.15, 0.2) is 0 Å². The first-order valence-corrected chi connectivity index (χ1v) is 9.08. The van der Waals surface area contributed by atoms with Gasteiger partial charge >= 0.3 is 0 Å². The van der Waals surface area contributed by atoms with Crippen LogP contribution in [-0.2, 0) is 11.2 Å². The van der Waals surface area contributed by atoms with Crippen molar-refractivity contribution in [2.75, 3.05) is 19.7 Å². The number of thiophene rings is 1. The Balaban J connectivity index is 1.49. The molecule has 4 heteroatoms. The van der Waals surface area contributed by atoms with E-state index in [0.717, 1.165) is 36.6 Å². The van der Waals surface area contributed by atoms with Gasteiger partial charge in [-0.2, -0.15) is 0 Å². The summed E-state index contributed by atoms with van der Waals surface area (Å²) in [5.41, 5.74) is 1.24. The number of rotatable bonds is 5. The fourth-order valence-corrected chi connectivity index (χ4v) is 3.65. The molecule has 0 spiro atoms. The Kier molecular flexibility index (Phi) is 5.34. The monoisotopic (exact) mass is 329 g/mol. The maximum Gasteiger partial charge on any atom is 0.227 e. The standard InChI is InChI=1S/C19H23NO2S/c1-15-6-8-17(9-7-15)22-14-16-4-2-10-20(13-16)19(21)12-18-5-3-11-23-18/h3,5-9,11,16H,2,4,10,12-14H2,1H3. The molecule has 2 aromatic rings. The van der Waals surface area contributed by atoms with Crippen LogP contribution >= 0.6 is 11.3 Å². The van der Waals surface area contributed by atoms with Crippen molar-refractivity contribution >= 4 is 17.2 Å². The molecule has 23 heavy (non-hydrogen) atoms. The Morgan fingerprint density at radius 1 is 1.30 bits per heavy atom. The summed E-state index contributed by atoms with van der Waals surface area (Å²) in [6, 6.07) is 12.2. The Labute approximate surface area is 141 Å². The quantitative estimate of drug-likeness (QED) is 0.832. The minimum absolute atomic E-state index is 0.243. The number of hydrogen-bond acceptors (Lipinski definition) is 3. The van der Waals surface area contributed by atoms with Crippen molar-refractivity contribution in [1.82, 2.24) is 4.90 Å². The Morgan fingerprint density at radius 3 is 2.87 bits per heavy atom. The molecule has 1 atom stereocenters. The summed E-state index contributed by atoms with van der Waals surface area (Å²) in [5, 5.41) is 2.02. The number of amides is 1. The predicted molar refractivity (Wildman–Crippen MR) is 94.0 cm³/mol. The second kappa shape index (κ2) is 7.64. The summed E-state index contributed by atoms with van der Waals surface area (Å²) in [6.07, 6.45) is 2.73. The summed E-state index contributed by atoms with van der Waals surface area (Å²) < 4.78 is 5.90. The van der Waals surface area contributed by atoms with E-state index in [9.17, 15) is 4.79 Å². The zero-order valence-corrected chi connectivity index (χ0v) is 14.3. The van der Waals surface area contributed by atoms with Crippen LogP contribution in [0.25, 0.3) is 0 Å². The summed E-state index contributed by atoms with van der Waals surface area (Å²) >= 11 is 1.65. The van der Waals surface area contributed by atoms with Crippen LogP contribution in [0.4, 0.5) is 0 Å². The van der Waals surface area contributed by atoms with Gasteiger partial charge in [0.25, 0.3) is 0 Å². The van der Waals surface area contributed by atoms with Crippen LogP contribution in [0.3, 0.4) is 0 Å². The zero-order chi connectivity index (χ0) is 16.1. The van der Waals surface area contributed by atoms with E-state index >= 15 is 0 Å². The van der Waals surface area contributed by atoms with Crippen LogP contribution in [0, 0.1) is 12.8 Å². The van der Waals surface area contributed by atoms with Crippen molar-refractivity contribution < 1.29 is 9.53 Å². The first-order valence-electron chi connectivity index (χ1n) is 8.20. The summed E-state index contributed by atoms with van der Waals surface area (Å²) in [5.74, 6) is 1.59. The van der Waals surface area contributed by atoms with Gasteiger partial charge in [-0.25, -0.2) is 0 Å². The highest BCUT2D eigenvalue weighted by Gasteiger charge is 2.24. The molecule has 122 valence electrons. The van der Waals surface area contributed by atoms with E-state index in [2.05, 4.69) is 19.1 Å². The van der Waals surface area contributed by atoms with Crippen LogP contribution in [0.15, 0.2) is 41.8 Å². The molecule has 1 aliphatic heterocycles. The van der Waals surface area contributed by atoms with Gasteiger partial charge in [-0.1, -0.05) is 23.8 Å². The Morgan fingerprint density at radius 2 is 2.13 bits per heavy atom. The van der Waals surface area contributed by atoms with Crippen LogP contribution in [0.5, 0.6) is 5.75 Å². The van der Waals surface area contributed by atoms with E-state index in [1.54, 1.807) is 11.3 Å². The van der Waals surface area contributed by atoms with Crippen LogP contribution in [0.1, 0.15) is 23.3 Å². The van der Waals surface area contributed by atoms with Gasteiger partial charge < -0.3 is 9.64 Å². The van der Waals surface area contributed by atoms with Crippen molar-refractivity contribution in [3.63, 3.8) is 0 Å². The van der Waals surface area contributed by atoms with E-state index in [-0.39, 0.29) is 5.91 Å². The van der Waals surface area contributed by atoms with Gasteiger partial charge in [-0.05, 0) is 43.3 Å². The highest BCUT2D eigenvalue weighted by Crippen LogP contribution is 2.20.